The number of fused-ring (bicyclic) bond motifs is 2. The standard InChI is InChI=1S/C44H53N3O6/c1-45-19-15-31-26-38(48-3)40-28-34(31)35(45)23-29-9-12-33(13-10-29)52-39-25-30(11-14-37(39)51-22-21-47-17-7-6-8-18-47)24-36-42-32(16-20-46(36)2)27-41(49-4)43(50-5)44(42)53-40/h9-14,25-28,35-36H,6-8,15-24H2,1-5H3/t35-,36+/m0/s1. The summed E-state index contributed by atoms with van der Waals surface area (Å²) in [7, 11) is 9.50. The van der Waals surface area contributed by atoms with Crippen LogP contribution >= 0.6 is 0 Å². The fourth-order valence-corrected chi connectivity index (χ4v) is 8.69. The van der Waals surface area contributed by atoms with Crippen molar-refractivity contribution in [3.63, 3.8) is 0 Å². The second-order valence-electron chi connectivity index (χ2n) is 15.0. The van der Waals surface area contributed by atoms with Gasteiger partial charge in [-0.15, -0.1) is 0 Å². The lowest BCUT2D eigenvalue weighted by molar-refractivity contribution is 0.181. The molecule has 0 N–H and O–H groups in total. The van der Waals surface area contributed by atoms with Gasteiger partial charge >= 0.3 is 0 Å². The van der Waals surface area contributed by atoms with Crippen molar-refractivity contribution < 1.29 is 28.4 Å². The Kier molecular flexibility index (Phi) is 10.4. The number of hydrogen-bond donors (Lipinski definition) is 0. The molecule has 0 radical (unpaired) electrons. The molecule has 9 heteroatoms. The number of rotatable bonds is 7. The summed E-state index contributed by atoms with van der Waals surface area (Å²) < 4.78 is 38.3. The predicted octanol–water partition coefficient (Wildman–Crippen LogP) is 8.02. The van der Waals surface area contributed by atoms with E-state index in [-0.39, 0.29) is 12.1 Å². The van der Waals surface area contributed by atoms with Crippen molar-refractivity contribution in [2.45, 2.75) is 57.0 Å². The molecule has 6 bridgehead atoms. The van der Waals surface area contributed by atoms with Crippen LogP contribution in [0.1, 0.15) is 64.7 Å². The van der Waals surface area contributed by atoms with Gasteiger partial charge in [-0.05, 0) is 136 Å². The number of ether oxygens (including phenoxy) is 6. The minimum absolute atomic E-state index is 0.00653. The summed E-state index contributed by atoms with van der Waals surface area (Å²) in [4.78, 5) is 7.36. The van der Waals surface area contributed by atoms with E-state index in [1.807, 2.05) is 0 Å². The number of nitrogens with zero attached hydrogens (tertiary/aromatic N) is 3. The summed E-state index contributed by atoms with van der Waals surface area (Å²) in [5, 5.41) is 0. The molecule has 5 aliphatic heterocycles. The summed E-state index contributed by atoms with van der Waals surface area (Å²) in [5.74, 6) is 5.58. The Morgan fingerprint density at radius 3 is 2.08 bits per heavy atom. The van der Waals surface area contributed by atoms with Gasteiger partial charge in [0.05, 0.1) is 21.3 Å². The third-order valence-electron chi connectivity index (χ3n) is 11.7. The molecule has 0 saturated carbocycles. The Bertz CT molecular complexity index is 1920. The average molecular weight is 720 g/mol. The lowest BCUT2D eigenvalue weighted by Gasteiger charge is -2.37. The van der Waals surface area contributed by atoms with Gasteiger partial charge in [0.1, 0.15) is 12.4 Å². The van der Waals surface area contributed by atoms with Crippen molar-refractivity contribution in [2.24, 2.45) is 0 Å². The Balaban J connectivity index is 1.25. The first kappa shape index (κ1) is 35.6. The molecule has 2 atom stereocenters. The molecule has 53 heavy (non-hydrogen) atoms. The summed E-state index contributed by atoms with van der Waals surface area (Å²) in [5.41, 5.74) is 7.21. The van der Waals surface area contributed by atoms with Crippen LogP contribution in [0.15, 0.2) is 60.7 Å². The third kappa shape index (κ3) is 7.27. The third-order valence-corrected chi connectivity index (χ3v) is 11.7. The van der Waals surface area contributed by atoms with Crippen LogP contribution in [0.25, 0.3) is 0 Å². The molecule has 0 aromatic heterocycles. The van der Waals surface area contributed by atoms with Gasteiger partial charge in [-0.1, -0.05) is 24.6 Å². The lowest BCUT2D eigenvalue weighted by atomic mass is 9.87. The SMILES string of the molecule is COc1cc2c3cc1Oc1c(OC)c(OC)cc4c1[C@@H](Cc1ccc(OCCN5CCCCC5)c(c1)Oc1ccc(cc1)C[C@@H]3N(C)CC2)N(C)CC4. The fraction of sp³-hybridized carbons (Fsp3) is 0.455. The highest BCUT2D eigenvalue weighted by Gasteiger charge is 2.35. The monoisotopic (exact) mass is 719 g/mol. The summed E-state index contributed by atoms with van der Waals surface area (Å²) in [6.45, 7) is 5.69. The maximum absolute atomic E-state index is 7.10. The first-order valence-electron chi connectivity index (χ1n) is 19.2. The average Bonchev–Trinajstić information content (AvgIpc) is 3.18. The summed E-state index contributed by atoms with van der Waals surface area (Å²) in [6, 6.07) is 21.6. The predicted molar refractivity (Wildman–Crippen MR) is 207 cm³/mol. The summed E-state index contributed by atoms with van der Waals surface area (Å²) >= 11 is 0. The molecule has 0 spiro atoms. The van der Waals surface area contributed by atoms with Gasteiger partial charge in [0, 0.05) is 37.3 Å². The van der Waals surface area contributed by atoms with E-state index < -0.39 is 0 Å². The molecule has 4 aromatic rings. The number of hydrogen-bond acceptors (Lipinski definition) is 9. The largest absolute Gasteiger partial charge is 0.493 e. The molecule has 5 heterocycles. The van der Waals surface area contributed by atoms with Gasteiger partial charge in [-0.2, -0.15) is 0 Å². The maximum atomic E-state index is 7.10. The zero-order valence-electron chi connectivity index (χ0n) is 31.9. The number of piperidine rings is 1. The van der Waals surface area contributed by atoms with E-state index in [0.29, 0.717) is 35.4 Å². The Morgan fingerprint density at radius 2 is 1.32 bits per heavy atom. The van der Waals surface area contributed by atoms with Crippen LogP contribution in [0.2, 0.25) is 0 Å². The molecule has 0 aliphatic carbocycles. The van der Waals surface area contributed by atoms with Crippen LogP contribution in [0.5, 0.6) is 46.0 Å². The van der Waals surface area contributed by atoms with Gasteiger partial charge in [-0.3, -0.25) is 14.7 Å². The normalized spacial score (nSPS) is 20.3. The van der Waals surface area contributed by atoms with Gasteiger partial charge in [-0.25, -0.2) is 0 Å². The van der Waals surface area contributed by atoms with Crippen LogP contribution in [0.4, 0.5) is 0 Å². The van der Waals surface area contributed by atoms with E-state index in [9.17, 15) is 0 Å². The molecule has 1 saturated heterocycles. The van der Waals surface area contributed by atoms with Crippen LogP contribution < -0.4 is 28.4 Å². The number of likely N-dealkylation sites (tertiary alicyclic amines) is 1. The van der Waals surface area contributed by atoms with Crippen molar-refractivity contribution in [1.82, 2.24) is 14.7 Å². The first-order valence-corrected chi connectivity index (χ1v) is 19.2. The molecule has 9 rings (SSSR count). The molecule has 280 valence electrons. The highest BCUT2D eigenvalue weighted by molar-refractivity contribution is 5.64. The second kappa shape index (κ2) is 15.5. The molecule has 0 unspecified atom stereocenters. The topological polar surface area (TPSA) is 65.1 Å². The van der Waals surface area contributed by atoms with Crippen LogP contribution in [-0.4, -0.2) is 89.5 Å². The van der Waals surface area contributed by atoms with Crippen molar-refractivity contribution in [3.8, 4) is 46.0 Å². The van der Waals surface area contributed by atoms with Gasteiger partial charge < -0.3 is 28.4 Å². The van der Waals surface area contributed by atoms with E-state index >= 15 is 0 Å². The zero-order valence-corrected chi connectivity index (χ0v) is 31.9. The minimum Gasteiger partial charge on any atom is -0.493 e. The Hall–Kier alpha value is -4.44. The van der Waals surface area contributed by atoms with Crippen LogP contribution in [0.3, 0.4) is 0 Å². The number of likely N-dealkylation sites (N-methyl/N-ethyl adjacent to an activating group) is 2. The summed E-state index contributed by atoms with van der Waals surface area (Å²) in [6.07, 6.45) is 7.23. The number of benzene rings is 4. The van der Waals surface area contributed by atoms with Crippen LogP contribution in [-0.2, 0) is 25.7 Å². The quantitative estimate of drug-likeness (QED) is 0.189. The number of methoxy groups -OCH3 is 3. The van der Waals surface area contributed by atoms with Gasteiger partial charge in [0.2, 0.25) is 5.75 Å². The maximum Gasteiger partial charge on any atom is 0.204 e. The first-order chi connectivity index (χ1) is 25.9. The second-order valence-corrected chi connectivity index (χ2v) is 15.0. The molecular formula is C44H53N3O6. The van der Waals surface area contributed by atoms with E-state index in [1.165, 1.54) is 41.5 Å². The molecule has 0 amide bonds. The van der Waals surface area contributed by atoms with Crippen molar-refractivity contribution in [2.75, 3.05) is 74.8 Å². The zero-order chi connectivity index (χ0) is 36.5. The minimum atomic E-state index is -0.00653. The highest BCUT2D eigenvalue weighted by Crippen LogP contribution is 2.52. The highest BCUT2D eigenvalue weighted by atomic mass is 16.5. The van der Waals surface area contributed by atoms with Crippen LogP contribution in [0, 0.1) is 0 Å². The molecule has 5 aliphatic rings. The molecule has 9 nitrogen and oxygen atoms in total. The molecule has 4 aromatic carbocycles. The van der Waals surface area contributed by atoms with E-state index in [1.54, 1.807) is 21.3 Å². The van der Waals surface area contributed by atoms with E-state index in [4.69, 9.17) is 28.4 Å². The van der Waals surface area contributed by atoms with E-state index in [2.05, 4.69) is 89.5 Å². The van der Waals surface area contributed by atoms with Crippen molar-refractivity contribution >= 4 is 0 Å². The molecule has 1 fully saturated rings. The lowest BCUT2D eigenvalue weighted by Crippen LogP contribution is -2.34. The fourth-order valence-electron chi connectivity index (χ4n) is 8.69. The van der Waals surface area contributed by atoms with Gasteiger partial charge in [0.25, 0.3) is 0 Å². The van der Waals surface area contributed by atoms with Crippen molar-refractivity contribution in [3.05, 3.63) is 94.0 Å². The Labute approximate surface area is 314 Å². The van der Waals surface area contributed by atoms with Gasteiger partial charge in [0.15, 0.2) is 34.5 Å². The Morgan fingerprint density at radius 1 is 0.642 bits per heavy atom. The van der Waals surface area contributed by atoms with Crippen molar-refractivity contribution in [1.29, 1.82) is 0 Å². The van der Waals surface area contributed by atoms with E-state index in [0.717, 1.165) is 86.8 Å². The smallest absolute Gasteiger partial charge is 0.204 e. The molecular weight excluding hydrogens is 666 g/mol.